The molecule has 0 saturated carbocycles. The topological polar surface area (TPSA) is 43.1 Å². The standard InChI is InChI=1S/C13H19NO/c1-9(2)12(13(14)15)8-11-6-4-10(3)5-7-11/h4-7,9,12H,8H2,1-3H3,(H2,14,15)/t12-/m1/s1. The van der Waals surface area contributed by atoms with Crippen LogP contribution in [0, 0.1) is 18.8 Å². The minimum atomic E-state index is -0.203. The Hall–Kier alpha value is -1.31. The molecule has 1 amide bonds. The van der Waals surface area contributed by atoms with Gasteiger partial charge in [0.2, 0.25) is 5.91 Å². The highest BCUT2D eigenvalue weighted by molar-refractivity contribution is 5.77. The first-order valence-corrected chi connectivity index (χ1v) is 5.35. The Bertz CT molecular complexity index is 327. The van der Waals surface area contributed by atoms with Gasteiger partial charge in [-0.2, -0.15) is 0 Å². The number of nitrogens with two attached hydrogens (primary N) is 1. The number of hydrogen-bond donors (Lipinski definition) is 1. The summed E-state index contributed by atoms with van der Waals surface area (Å²) in [7, 11) is 0. The van der Waals surface area contributed by atoms with Gasteiger partial charge in [0.05, 0.1) is 0 Å². The molecule has 0 spiro atoms. The van der Waals surface area contributed by atoms with Gasteiger partial charge in [-0.3, -0.25) is 4.79 Å². The van der Waals surface area contributed by atoms with Crippen LogP contribution < -0.4 is 5.73 Å². The quantitative estimate of drug-likeness (QED) is 0.805. The Morgan fingerprint density at radius 1 is 1.27 bits per heavy atom. The van der Waals surface area contributed by atoms with Crippen LogP contribution in [0.3, 0.4) is 0 Å². The fourth-order valence-electron chi connectivity index (χ4n) is 1.64. The summed E-state index contributed by atoms with van der Waals surface area (Å²) in [5.74, 6) is 0.0297. The summed E-state index contributed by atoms with van der Waals surface area (Å²) in [5, 5.41) is 0. The average molecular weight is 205 g/mol. The number of primary amides is 1. The Morgan fingerprint density at radius 3 is 2.20 bits per heavy atom. The van der Waals surface area contributed by atoms with Crippen molar-refractivity contribution in [2.45, 2.75) is 27.2 Å². The van der Waals surface area contributed by atoms with E-state index in [1.807, 2.05) is 13.8 Å². The van der Waals surface area contributed by atoms with Crippen molar-refractivity contribution in [1.82, 2.24) is 0 Å². The van der Waals surface area contributed by atoms with Gasteiger partial charge >= 0.3 is 0 Å². The number of benzene rings is 1. The molecule has 2 nitrogen and oxygen atoms in total. The maximum Gasteiger partial charge on any atom is 0.221 e. The monoisotopic (exact) mass is 205 g/mol. The van der Waals surface area contributed by atoms with Gasteiger partial charge in [0.1, 0.15) is 0 Å². The molecule has 0 aliphatic heterocycles. The first-order chi connectivity index (χ1) is 7.00. The van der Waals surface area contributed by atoms with E-state index in [0.29, 0.717) is 5.92 Å². The predicted molar refractivity (Wildman–Crippen MR) is 62.4 cm³/mol. The lowest BCUT2D eigenvalue weighted by molar-refractivity contribution is -0.123. The maximum absolute atomic E-state index is 11.2. The lowest BCUT2D eigenvalue weighted by Gasteiger charge is -2.17. The highest BCUT2D eigenvalue weighted by Gasteiger charge is 2.19. The molecule has 2 heteroatoms. The van der Waals surface area contributed by atoms with Gasteiger partial charge in [0.25, 0.3) is 0 Å². The van der Waals surface area contributed by atoms with Crippen LogP contribution in [0.15, 0.2) is 24.3 Å². The molecule has 0 saturated heterocycles. The third kappa shape index (κ3) is 3.39. The lowest BCUT2D eigenvalue weighted by Crippen LogP contribution is -2.29. The summed E-state index contributed by atoms with van der Waals surface area (Å²) in [5.41, 5.74) is 7.79. The van der Waals surface area contributed by atoms with E-state index in [-0.39, 0.29) is 11.8 Å². The van der Waals surface area contributed by atoms with Crippen molar-refractivity contribution in [3.63, 3.8) is 0 Å². The second-order valence-electron chi connectivity index (χ2n) is 4.44. The summed E-state index contributed by atoms with van der Waals surface area (Å²) in [4.78, 5) is 11.2. The van der Waals surface area contributed by atoms with Gasteiger partial charge in [-0.25, -0.2) is 0 Å². The number of amides is 1. The molecule has 1 atom stereocenters. The highest BCUT2D eigenvalue weighted by atomic mass is 16.1. The van der Waals surface area contributed by atoms with Crippen molar-refractivity contribution < 1.29 is 4.79 Å². The molecule has 0 fully saturated rings. The lowest BCUT2D eigenvalue weighted by atomic mass is 9.88. The van der Waals surface area contributed by atoms with Crippen LogP contribution in [0.2, 0.25) is 0 Å². The van der Waals surface area contributed by atoms with Crippen molar-refractivity contribution in [2.24, 2.45) is 17.6 Å². The molecule has 0 aliphatic carbocycles. The van der Waals surface area contributed by atoms with E-state index in [1.54, 1.807) is 0 Å². The molecule has 1 aromatic rings. The Labute approximate surface area is 91.5 Å². The Balaban J connectivity index is 2.74. The number of carbonyl (C=O) groups is 1. The van der Waals surface area contributed by atoms with E-state index in [0.717, 1.165) is 6.42 Å². The number of rotatable bonds is 4. The number of hydrogen-bond acceptors (Lipinski definition) is 1. The molecule has 2 N–H and O–H groups in total. The summed E-state index contributed by atoms with van der Waals surface area (Å²) >= 11 is 0. The fourth-order valence-corrected chi connectivity index (χ4v) is 1.64. The van der Waals surface area contributed by atoms with E-state index >= 15 is 0 Å². The highest BCUT2D eigenvalue weighted by Crippen LogP contribution is 2.17. The van der Waals surface area contributed by atoms with E-state index < -0.39 is 0 Å². The Kier molecular flexibility index (Phi) is 3.89. The second-order valence-corrected chi connectivity index (χ2v) is 4.44. The van der Waals surface area contributed by atoms with E-state index in [9.17, 15) is 4.79 Å². The second kappa shape index (κ2) is 4.96. The summed E-state index contributed by atoms with van der Waals surface area (Å²) in [6.45, 7) is 6.12. The minimum Gasteiger partial charge on any atom is -0.369 e. The largest absolute Gasteiger partial charge is 0.369 e. The van der Waals surface area contributed by atoms with Crippen LogP contribution in [-0.2, 0) is 11.2 Å². The Morgan fingerprint density at radius 2 is 1.80 bits per heavy atom. The third-order valence-corrected chi connectivity index (χ3v) is 2.75. The fraction of sp³-hybridized carbons (Fsp3) is 0.462. The van der Waals surface area contributed by atoms with Gasteiger partial charge in [0.15, 0.2) is 0 Å². The van der Waals surface area contributed by atoms with E-state index in [4.69, 9.17) is 5.73 Å². The van der Waals surface area contributed by atoms with Crippen LogP contribution in [0.5, 0.6) is 0 Å². The van der Waals surface area contributed by atoms with Crippen molar-refractivity contribution in [3.05, 3.63) is 35.4 Å². The third-order valence-electron chi connectivity index (χ3n) is 2.75. The molecule has 0 unspecified atom stereocenters. The van der Waals surface area contributed by atoms with Crippen molar-refractivity contribution in [1.29, 1.82) is 0 Å². The molecular formula is C13H19NO. The van der Waals surface area contributed by atoms with Crippen molar-refractivity contribution in [2.75, 3.05) is 0 Å². The van der Waals surface area contributed by atoms with Gasteiger partial charge in [-0.05, 0) is 24.8 Å². The zero-order valence-corrected chi connectivity index (χ0v) is 9.66. The zero-order chi connectivity index (χ0) is 11.4. The molecule has 0 aliphatic rings. The van der Waals surface area contributed by atoms with Crippen LogP contribution >= 0.6 is 0 Å². The van der Waals surface area contributed by atoms with Crippen molar-refractivity contribution in [3.8, 4) is 0 Å². The molecule has 0 radical (unpaired) electrons. The molecule has 1 aromatic carbocycles. The molecule has 0 bridgehead atoms. The van der Waals surface area contributed by atoms with E-state index in [1.165, 1.54) is 11.1 Å². The SMILES string of the molecule is Cc1ccc(C[C@@H](C(N)=O)C(C)C)cc1. The van der Waals surface area contributed by atoms with Gasteiger partial charge in [-0.1, -0.05) is 43.7 Å². The summed E-state index contributed by atoms with van der Waals surface area (Å²) < 4.78 is 0. The van der Waals surface area contributed by atoms with Crippen LogP contribution in [0.4, 0.5) is 0 Å². The van der Waals surface area contributed by atoms with Crippen LogP contribution in [-0.4, -0.2) is 5.91 Å². The van der Waals surface area contributed by atoms with Gasteiger partial charge < -0.3 is 5.73 Å². The van der Waals surface area contributed by atoms with Crippen LogP contribution in [0.25, 0.3) is 0 Å². The minimum absolute atomic E-state index is 0.0623. The molecule has 0 aromatic heterocycles. The normalized spacial score (nSPS) is 12.8. The van der Waals surface area contributed by atoms with Gasteiger partial charge in [-0.15, -0.1) is 0 Å². The maximum atomic E-state index is 11.2. The average Bonchev–Trinajstić information content (AvgIpc) is 2.15. The summed E-state index contributed by atoms with van der Waals surface area (Å²) in [6.07, 6.45) is 0.743. The smallest absolute Gasteiger partial charge is 0.221 e. The zero-order valence-electron chi connectivity index (χ0n) is 9.66. The van der Waals surface area contributed by atoms with Gasteiger partial charge in [0, 0.05) is 5.92 Å². The molecular weight excluding hydrogens is 186 g/mol. The molecule has 15 heavy (non-hydrogen) atoms. The first-order valence-electron chi connectivity index (χ1n) is 5.35. The molecule has 82 valence electrons. The predicted octanol–water partition coefficient (Wildman–Crippen LogP) is 2.30. The number of carbonyl (C=O) groups excluding carboxylic acids is 1. The van der Waals surface area contributed by atoms with Crippen molar-refractivity contribution >= 4 is 5.91 Å². The summed E-state index contributed by atoms with van der Waals surface area (Å²) in [6, 6.07) is 8.25. The van der Waals surface area contributed by atoms with Crippen LogP contribution in [0.1, 0.15) is 25.0 Å². The van der Waals surface area contributed by atoms with E-state index in [2.05, 4.69) is 31.2 Å². The molecule has 1 rings (SSSR count). The first kappa shape index (κ1) is 11.8. The number of aryl methyl sites for hydroxylation is 1. The molecule has 0 heterocycles.